The summed E-state index contributed by atoms with van der Waals surface area (Å²) in [6.45, 7) is 7.25. The van der Waals surface area contributed by atoms with E-state index in [-0.39, 0.29) is 17.9 Å². The minimum absolute atomic E-state index is 0.0858. The Morgan fingerprint density at radius 3 is 2.41 bits per heavy atom. The summed E-state index contributed by atoms with van der Waals surface area (Å²) >= 11 is 0. The first-order chi connectivity index (χ1) is 8.07. The van der Waals surface area contributed by atoms with E-state index in [0.717, 1.165) is 5.56 Å². The van der Waals surface area contributed by atoms with Gasteiger partial charge >= 0.3 is 5.97 Å². The lowest BCUT2D eigenvalue weighted by Crippen LogP contribution is -2.11. The molecule has 17 heavy (non-hydrogen) atoms. The number of aliphatic hydroxyl groups excluding tert-OH is 1. The van der Waals surface area contributed by atoms with Crippen molar-refractivity contribution in [1.29, 1.82) is 0 Å². The van der Waals surface area contributed by atoms with Crippen LogP contribution in [0.5, 0.6) is 0 Å². The zero-order valence-electron chi connectivity index (χ0n) is 10.1. The van der Waals surface area contributed by atoms with Crippen molar-refractivity contribution in [3.63, 3.8) is 0 Å². The summed E-state index contributed by atoms with van der Waals surface area (Å²) in [5.74, 6) is -0.640. The number of hydrogen-bond acceptors (Lipinski definition) is 3. The third-order valence-corrected chi connectivity index (χ3v) is 2.27. The molecule has 1 aromatic rings. The summed E-state index contributed by atoms with van der Waals surface area (Å²) in [4.78, 5) is 11.7. The number of allylic oxidation sites excluding steroid dienone is 1. The van der Waals surface area contributed by atoms with Crippen LogP contribution in [-0.4, -0.2) is 17.7 Å². The Labute approximate surface area is 101 Å². The zero-order valence-corrected chi connectivity index (χ0v) is 10.1. The van der Waals surface area contributed by atoms with Crippen molar-refractivity contribution < 1.29 is 14.6 Å². The molecule has 0 aliphatic rings. The molecule has 0 fully saturated rings. The maximum Gasteiger partial charge on any atom is 0.342 e. The van der Waals surface area contributed by atoms with Crippen molar-refractivity contribution in [2.75, 3.05) is 6.61 Å². The number of benzene rings is 1. The standard InChI is InChI=1S/C14H16O3/c1-4-17-14(16)13(11(3)15)10(2)12-8-6-5-7-9-12/h5-9,15H,2,4H2,1,3H3. The Bertz CT molecular complexity index is 440. The van der Waals surface area contributed by atoms with Crippen molar-refractivity contribution in [3.05, 3.63) is 53.8 Å². The summed E-state index contributed by atoms with van der Waals surface area (Å²) in [5.41, 5.74) is 1.37. The number of esters is 1. The van der Waals surface area contributed by atoms with E-state index in [2.05, 4.69) is 6.58 Å². The molecule has 3 nitrogen and oxygen atoms in total. The van der Waals surface area contributed by atoms with Crippen LogP contribution in [0.3, 0.4) is 0 Å². The van der Waals surface area contributed by atoms with Crippen LogP contribution in [0.1, 0.15) is 19.4 Å². The maximum atomic E-state index is 11.7. The Kier molecular flexibility index (Phi) is 4.52. The lowest BCUT2D eigenvalue weighted by molar-refractivity contribution is -0.138. The van der Waals surface area contributed by atoms with Gasteiger partial charge in [-0.3, -0.25) is 0 Å². The topological polar surface area (TPSA) is 46.5 Å². The van der Waals surface area contributed by atoms with Gasteiger partial charge in [0.05, 0.1) is 6.61 Å². The highest BCUT2D eigenvalue weighted by atomic mass is 16.5. The normalized spacial score (nSPS) is 11.6. The minimum Gasteiger partial charge on any atom is -0.512 e. The molecule has 0 unspecified atom stereocenters. The van der Waals surface area contributed by atoms with E-state index in [1.54, 1.807) is 6.92 Å². The number of ether oxygens (including phenoxy) is 1. The second kappa shape index (κ2) is 5.89. The number of aliphatic hydroxyl groups is 1. The maximum absolute atomic E-state index is 11.7. The molecule has 1 aromatic carbocycles. The fourth-order valence-corrected chi connectivity index (χ4v) is 1.48. The average molecular weight is 232 g/mol. The molecule has 0 spiro atoms. The lowest BCUT2D eigenvalue weighted by Gasteiger charge is -2.11. The van der Waals surface area contributed by atoms with Crippen molar-refractivity contribution in [1.82, 2.24) is 0 Å². The Morgan fingerprint density at radius 1 is 1.35 bits per heavy atom. The van der Waals surface area contributed by atoms with E-state index in [4.69, 9.17) is 4.74 Å². The van der Waals surface area contributed by atoms with Crippen LogP contribution in [0.25, 0.3) is 5.57 Å². The molecule has 0 aliphatic carbocycles. The molecule has 0 radical (unpaired) electrons. The van der Waals surface area contributed by atoms with Gasteiger partial charge in [-0.15, -0.1) is 0 Å². The average Bonchev–Trinajstić information content (AvgIpc) is 2.30. The number of carbonyl (C=O) groups is 1. The molecular formula is C14H16O3. The summed E-state index contributed by atoms with van der Waals surface area (Å²) in [5, 5.41) is 9.56. The quantitative estimate of drug-likeness (QED) is 0.375. The third kappa shape index (κ3) is 3.21. The number of carbonyl (C=O) groups excluding carboxylic acids is 1. The molecule has 1 rings (SSSR count). The molecular weight excluding hydrogens is 216 g/mol. The summed E-state index contributed by atoms with van der Waals surface area (Å²) in [6, 6.07) is 9.21. The predicted molar refractivity (Wildman–Crippen MR) is 67.4 cm³/mol. The van der Waals surface area contributed by atoms with Crippen molar-refractivity contribution in [2.45, 2.75) is 13.8 Å². The number of rotatable bonds is 4. The highest BCUT2D eigenvalue weighted by Gasteiger charge is 2.18. The Morgan fingerprint density at radius 2 is 1.94 bits per heavy atom. The van der Waals surface area contributed by atoms with Crippen molar-refractivity contribution in [3.8, 4) is 0 Å². The molecule has 0 amide bonds. The second-order valence-corrected chi connectivity index (χ2v) is 3.53. The van der Waals surface area contributed by atoms with Crippen LogP contribution < -0.4 is 0 Å². The molecule has 0 saturated carbocycles. The smallest absolute Gasteiger partial charge is 0.342 e. The second-order valence-electron chi connectivity index (χ2n) is 3.53. The van der Waals surface area contributed by atoms with Gasteiger partial charge in [0.25, 0.3) is 0 Å². The van der Waals surface area contributed by atoms with Gasteiger partial charge in [0.2, 0.25) is 0 Å². The molecule has 0 aliphatic heterocycles. The third-order valence-electron chi connectivity index (χ3n) is 2.27. The highest BCUT2D eigenvalue weighted by Crippen LogP contribution is 2.24. The van der Waals surface area contributed by atoms with E-state index in [1.165, 1.54) is 6.92 Å². The van der Waals surface area contributed by atoms with Gasteiger partial charge in [-0.1, -0.05) is 36.9 Å². The van der Waals surface area contributed by atoms with Crippen molar-refractivity contribution >= 4 is 11.5 Å². The van der Waals surface area contributed by atoms with Crippen LogP contribution in [0.2, 0.25) is 0 Å². The molecule has 0 aromatic heterocycles. The minimum atomic E-state index is -0.554. The molecule has 0 heterocycles. The van der Waals surface area contributed by atoms with E-state index >= 15 is 0 Å². The summed E-state index contributed by atoms with van der Waals surface area (Å²) in [7, 11) is 0. The monoisotopic (exact) mass is 232 g/mol. The molecule has 90 valence electrons. The summed E-state index contributed by atoms with van der Waals surface area (Å²) in [6.07, 6.45) is 0. The van der Waals surface area contributed by atoms with Crippen LogP contribution >= 0.6 is 0 Å². The van der Waals surface area contributed by atoms with E-state index in [9.17, 15) is 9.90 Å². The fraction of sp³-hybridized carbons (Fsp3) is 0.214. The predicted octanol–water partition coefficient (Wildman–Crippen LogP) is 3.09. The van der Waals surface area contributed by atoms with Gasteiger partial charge in [0.1, 0.15) is 11.3 Å². The first-order valence-corrected chi connectivity index (χ1v) is 5.39. The Balaban J connectivity index is 3.07. The van der Waals surface area contributed by atoms with Gasteiger partial charge in [-0.25, -0.2) is 4.79 Å². The van der Waals surface area contributed by atoms with E-state index in [0.29, 0.717) is 5.57 Å². The van der Waals surface area contributed by atoms with Gasteiger partial charge in [0.15, 0.2) is 0 Å². The van der Waals surface area contributed by atoms with E-state index in [1.807, 2.05) is 30.3 Å². The molecule has 3 heteroatoms. The zero-order chi connectivity index (χ0) is 12.8. The summed E-state index contributed by atoms with van der Waals surface area (Å²) < 4.78 is 4.89. The molecule has 0 atom stereocenters. The lowest BCUT2D eigenvalue weighted by atomic mass is 9.99. The Hall–Kier alpha value is -2.03. The van der Waals surface area contributed by atoms with Gasteiger partial charge < -0.3 is 9.84 Å². The molecule has 0 saturated heterocycles. The van der Waals surface area contributed by atoms with Crippen LogP contribution in [-0.2, 0) is 9.53 Å². The van der Waals surface area contributed by atoms with Gasteiger partial charge in [0, 0.05) is 0 Å². The highest BCUT2D eigenvalue weighted by molar-refractivity contribution is 6.06. The van der Waals surface area contributed by atoms with Crippen LogP contribution in [0.15, 0.2) is 48.2 Å². The molecule has 0 bridgehead atoms. The van der Waals surface area contributed by atoms with Crippen LogP contribution in [0, 0.1) is 0 Å². The first-order valence-electron chi connectivity index (χ1n) is 5.39. The molecule has 1 N–H and O–H groups in total. The van der Waals surface area contributed by atoms with Gasteiger partial charge in [-0.2, -0.15) is 0 Å². The number of hydrogen-bond donors (Lipinski definition) is 1. The van der Waals surface area contributed by atoms with Crippen molar-refractivity contribution in [2.24, 2.45) is 0 Å². The largest absolute Gasteiger partial charge is 0.512 e. The first kappa shape index (κ1) is 13.0. The fourth-order valence-electron chi connectivity index (χ4n) is 1.48. The SMILES string of the molecule is C=C(C(C(=O)OCC)=C(C)O)c1ccccc1. The van der Waals surface area contributed by atoms with Crippen LogP contribution in [0.4, 0.5) is 0 Å². The van der Waals surface area contributed by atoms with E-state index < -0.39 is 5.97 Å². The van der Waals surface area contributed by atoms with Gasteiger partial charge in [-0.05, 0) is 25.0 Å².